The monoisotopic (exact) mass is 418 g/mol. The molecule has 2 amide bonds. The summed E-state index contributed by atoms with van der Waals surface area (Å²) in [5.41, 5.74) is 7.87. The molecule has 0 radical (unpaired) electrons. The largest absolute Gasteiger partial charge is 0.477 e. The van der Waals surface area contributed by atoms with E-state index in [-0.39, 0.29) is 12.5 Å². The Morgan fingerprint density at radius 3 is 2.63 bits per heavy atom. The first-order valence-corrected chi connectivity index (χ1v) is 10.3. The van der Waals surface area contributed by atoms with Gasteiger partial charge in [-0.1, -0.05) is 30.3 Å². The van der Waals surface area contributed by atoms with E-state index in [4.69, 9.17) is 10.5 Å². The van der Waals surface area contributed by atoms with Crippen molar-refractivity contribution in [1.29, 1.82) is 0 Å². The van der Waals surface area contributed by atoms with Gasteiger partial charge in [0.25, 0.3) is 11.8 Å². The molecule has 2 N–H and O–H groups in total. The van der Waals surface area contributed by atoms with Crippen molar-refractivity contribution in [2.45, 2.75) is 13.0 Å². The second-order valence-corrected chi connectivity index (χ2v) is 8.09. The number of primary amides is 1. The molecule has 1 aliphatic heterocycles. The fourth-order valence-corrected chi connectivity index (χ4v) is 4.74. The maximum absolute atomic E-state index is 13.5. The molecule has 0 saturated carbocycles. The van der Waals surface area contributed by atoms with Gasteiger partial charge >= 0.3 is 0 Å². The van der Waals surface area contributed by atoms with Crippen LogP contribution in [0.25, 0.3) is 15.9 Å². The minimum Gasteiger partial charge on any atom is -0.477 e. The van der Waals surface area contributed by atoms with Crippen LogP contribution in [0.1, 0.15) is 15.4 Å². The summed E-state index contributed by atoms with van der Waals surface area (Å²) in [6, 6.07) is 18.8. The van der Waals surface area contributed by atoms with Gasteiger partial charge in [0.2, 0.25) is 0 Å². The summed E-state index contributed by atoms with van der Waals surface area (Å²) in [4.78, 5) is 28.2. The van der Waals surface area contributed by atoms with E-state index in [1.54, 1.807) is 23.1 Å². The molecule has 8 heteroatoms. The van der Waals surface area contributed by atoms with Crippen LogP contribution in [-0.2, 0) is 4.79 Å². The number of carbonyl (C=O) groups is 2. The SMILES string of the molecule is Cc1nn(-c2ccccc2)c2sc(C(=O)N3C[C@@H](C(N)=O)Oc4ccccc43)cc12. The van der Waals surface area contributed by atoms with E-state index in [9.17, 15) is 9.59 Å². The Balaban J connectivity index is 1.58. The van der Waals surface area contributed by atoms with Crippen molar-refractivity contribution >= 4 is 39.1 Å². The van der Waals surface area contributed by atoms with Crippen LogP contribution in [0, 0.1) is 6.92 Å². The Morgan fingerprint density at radius 2 is 1.87 bits per heavy atom. The number of ether oxygens (including phenoxy) is 1. The summed E-state index contributed by atoms with van der Waals surface area (Å²) in [6.45, 7) is 2.00. The molecule has 2 aromatic heterocycles. The number of nitrogens with zero attached hydrogens (tertiary/aromatic N) is 3. The van der Waals surface area contributed by atoms with Gasteiger partial charge < -0.3 is 10.5 Å². The topological polar surface area (TPSA) is 90.5 Å². The first kappa shape index (κ1) is 18.4. The van der Waals surface area contributed by atoms with Crippen molar-refractivity contribution in [2.75, 3.05) is 11.4 Å². The molecule has 30 heavy (non-hydrogen) atoms. The molecule has 1 atom stereocenters. The number of benzene rings is 2. The summed E-state index contributed by atoms with van der Waals surface area (Å²) in [6.07, 6.45) is -0.889. The smallest absolute Gasteiger partial charge is 0.268 e. The second-order valence-electron chi connectivity index (χ2n) is 7.05. The molecule has 2 aromatic carbocycles. The van der Waals surface area contributed by atoms with Crippen molar-refractivity contribution in [2.24, 2.45) is 5.73 Å². The van der Waals surface area contributed by atoms with Gasteiger partial charge in [-0.25, -0.2) is 4.68 Å². The molecule has 0 aliphatic carbocycles. The summed E-state index contributed by atoms with van der Waals surface area (Å²) in [7, 11) is 0. The van der Waals surface area contributed by atoms with Crippen LogP contribution in [0.15, 0.2) is 60.7 Å². The number of hydrogen-bond acceptors (Lipinski definition) is 5. The summed E-state index contributed by atoms with van der Waals surface area (Å²) in [5, 5.41) is 5.56. The average molecular weight is 418 g/mol. The van der Waals surface area contributed by atoms with Gasteiger partial charge in [-0.2, -0.15) is 5.10 Å². The number of carbonyl (C=O) groups excluding carboxylic acids is 2. The van der Waals surface area contributed by atoms with E-state index in [0.29, 0.717) is 16.3 Å². The number of fused-ring (bicyclic) bond motifs is 2. The highest BCUT2D eigenvalue weighted by molar-refractivity contribution is 7.20. The number of anilines is 1. The first-order valence-electron chi connectivity index (χ1n) is 9.44. The van der Waals surface area contributed by atoms with E-state index >= 15 is 0 Å². The highest BCUT2D eigenvalue weighted by Crippen LogP contribution is 2.36. The summed E-state index contributed by atoms with van der Waals surface area (Å²) >= 11 is 1.38. The van der Waals surface area contributed by atoms with Gasteiger partial charge in [0.15, 0.2) is 6.10 Å². The van der Waals surface area contributed by atoms with Gasteiger partial charge in [0, 0.05) is 5.39 Å². The van der Waals surface area contributed by atoms with E-state index in [1.165, 1.54) is 11.3 Å². The summed E-state index contributed by atoms with van der Waals surface area (Å²) in [5.74, 6) is -0.333. The van der Waals surface area contributed by atoms with Crippen LogP contribution in [0.3, 0.4) is 0 Å². The standard InChI is InChI=1S/C22H18N4O3S/c1-13-15-11-19(30-22(15)26(24-13)14-7-3-2-4-8-14)21(28)25-12-18(20(23)27)29-17-10-6-5-9-16(17)25/h2-11,18H,12H2,1H3,(H2,23,27)/t18-/m0/s1. The fourth-order valence-electron chi connectivity index (χ4n) is 3.60. The zero-order valence-electron chi connectivity index (χ0n) is 16.1. The highest BCUT2D eigenvalue weighted by Gasteiger charge is 2.34. The van der Waals surface area contributed by atoms with Gasteiger partial charge in [-0.05, 0) is 37.3 Å². The number of thiophene rings is 1. The lowest BCUT2D eigenvalue weighted by molar-refractivity contribution is -0.124. The molecule has 4 aromatic rings. The number of rotatable bonds is 3. The molecule has 0 fully saturated rings. The lowest BCUT2D eigenvalue weighted by Crippen LogP contribution is -2.49. The molecule has 1 aliphatic rings. The quantitative estimate of drug-likeness (QED) is 0.553. The van der Waals surface area contributed by atoms with Crippen molar-refractivity contribution in [3.63, 3.8) is 0 Å². The average Bonchev–Trinajstić information content (AvgIpc) is 3.33. The number of hydrogen-bond donors (Lipinski definition) is 1. The highest BCUT2D eigenvalue weighted by atomic mass is 32.1. The Bertz CT molecular complexity index is 1280. The second kappa shape index (κ2) is 7.00. The molecule has 0 unspecified atom stereocenters. The molecule has 0 spiro atoms. The van der Waals surface area contributed by atoms with Crippen molar-refractivity contribution in [1.82, 2.24) is 9.78 Å². The molecular weight excluding hydrogens is 400 g/mol. The lowest BCUT2D eigenvalue weighted by Gasteiger charge is -2.33. The molecule has 0 bridgehead atoms. The van der Waals surface area contributed by atoms with Gasteiger partial charge in [0.05, 0.1) is 28.5 Å². The molecule has 3 heterocycles. The maximum Gasteiger partial charge on any atom is 0.268 e. The van der Waals surface area contributed by atoms with Crippen molar-refractivity contribution < 1.29 is 14.3 Å². The van der Waals surface area contributed by atoms with Crippen LogP contribution in [0.5, 0.6) is 5.75 Å². The molecule has 5 rings (SSSR count). The van der Waals surface area contributed by atoms with Crippen molar-refractivity contribution in [3.05, 3.63) is 71.2 Å². The third-order valence-electron chi connectivity index (χ3n) is 5.09. The van der Waals surface area contributed by atoms with E-state index < -0.39 is 12.0 Å². The predicted molar refractivity (Wildman–Crippen MR) is 115 cm³/mol. The van der Waals surface area contributed by atoms with Crippen LogP contribution in [-0.4, -0.2) is 34.2 Å². The third-order valence-corrected chi connectivity index (χ3v) is 6.19. The fraction of sp³-hybridized carbons (Fsp3) is 0.136. The van der Waals surface area contributed by atoms with Gasteiger partial charge in [-0.15, -0.1) is 11.3 Å². The number of nitrogens with two attached hydrogens (primary N) is 1. The third kappa shape index (κ3) is 2.93. The van der Waals surface area contributed by atoms with Crippen LogP contribution in [0.2, 0.25) is 0 Å². The van der Waals surface area contributed by atoms with Crippen LogP contribution in [0.4, 0.5) is 5.69 Å². The Morgan fingerprint density at radius 1 is 1.13 bits per heavy atom. The number of amides is 2. The van der Waals surface area contributed by atoms with Crippen molar-refractivity contribution in [3.8, 4) is 11.4 Å². The van der Waals surface area contributed by atoms with Gasteiger partial charge in [-0.3, -0.25) is 14.5 Å². The van der Waals surface area contributed by atoms with Crippen LogP contribution >= 0.6 is 11.3 Å². The Hall–Kier alpha value is -3.65. The first-order chi connectivity index (χ1) is 14.5. The molecule has 7 nitrogen and oxygen atoms in total. The minimum atomic E-state index is -0.889. The predicted octanol–water partition coefficient (Wildman–Crippen LogP) is 3.29. The number of para-hydroxylation sites is 3. The molecule has 0 saturated heterocycles. The molecule has 150 valence electrons. The van der Waals surface area contributed by atoms with E-state index in [1.807, 2.05) is 54.1 Å². The maximum atomic E-state index is 13.5. The minimum absolute atomic E-state index is 0.0726. The molecular formula is C22H18N4O3S. The zero-order valence-corrected chi connectivity index (χ0v) is 16.9. The number of aryl methyl sites for hydroxylation is 1. The lowest BCUT2D eigenvalue weighted by atomic mass is 10.1. The van der Waals surface area contributed by atoms with Crippen LogP contribution < -0.4 is 15.4 Å². The Kier molecular flexibility index (Phi) is 4.29. The Labute approximate surface area is 176 Å². The van der Waals surface area contributed by atoms with E-state index in [0.717, 1.165) is 21.6 Å². The summed E-state index contributed by atoms with van der Waals surface area (Å²) < 4.78 is 7.52. The normalized spacial score (nSPS) is 15.6. The number of aromatic nitrogens is 2. The van der Waals surface area contributed by atoms with E-state index in [2.05, 4.69) is 5.10 Å². The van der Waals surface area contributed by atoms with Gasteiger partial charge in [0.1, 0.15) is 10.6 Å². The zero-order chi connectivity index (χ0) is 20.8.